The van der Waals surface area contributed by atoms with Gasteiger partial charge in [-0.2, -0.15) is 0 Å². The number of fused-ring (bicyclic) bond motifs is 3. The third-order valence-corrected chi connectivity index (χ3v) is 3.30. The maximum absolute atomic E-state index is 13.7. The first kappa shape index (κ1) is 12.4. The van der Waals surface area contributed by atoms with Crippen molar-refractivity contribution in [3.63, 3.8) is 0 Å². The molecule has 19 heavy (non-hydrogen) atoms. The second-order valence-electron chi connectivity index (χ2n) is 4.49. The van der Waals surface area contributed by atoms with Crippen molar-refractivity contribution in [2.75, 3.05) is 6.54 Å². The van der Waals surface area contributed by atoms with Gasteiger partial charge in [0.15, 0.2) is 29.5 Å². The van der Waals surface area contributed by atoms with E-state index in [1.807, 2.05) is 0 Å². The Morgan fingerprint density at radius 3 is 2.37 bits per heavy atom. The predicted molar refractivity (Wildman–Crippen MR) is 55.2 cm³/mol. The van der Waals surface area contributed by atoms with Crippen LogP contribution < -0.4 is 0 Å². The van der Waals surface area contributed by atoms with E-state index in [0.29, 0.717) is 6.42 Å². The molecule has 0 aliphatic carbocycles. The Bertz CT molecular complexity index is 590. The van der Waals surface area contributed by atoms with E-state index in [2.05, 4.69) is 0 Å². The van der Waals surface area contributed by atoms with E-state index < -0.39 is 52.6 Å². The van der Waals surface area contributed by atoms with Crippen LogP contribution >= 0.6 is 0 Å². The molecule has 7 heteroatoms. The average molecular weight is 275 g/mol. The molecule has 2 aliphatic heterocycles. The normalized spacial score (nSPS) is 24.3. The van der Waals surface area contributed by atoms with E-state index in [-0.39, 0.29) is 6.54 Å². The zero-order valence-electron chi connectivity index (χ0n) is 9.84. The minimum atomic E-state index is -1.97. The van der Waals surface area contributed by atoms with Gasteiger partial charge in [0, 0.05) is 12.1 Å². The number of nitrogens with zero attached hydrogens (tertiary/aromatic N) is 1. The summed E-state index contributed by atoms with van der Waals surface area (Å²) in [5, 5.41) is 0. The quantitative estimate of drug-likeness (QED) is 0.359. The number of rotatable bonds is 2. The van der Waals surface area contributed by atoms with Gasteiger partial charge in [0.2, 0.25) is 0 Å². The molecule has 1 aromatic rings. The van der Waals surface area contributed by atoms with Gasteiger partial charge < -0.3 is 9.64 Å². The van der Waals surface area contributed by atoms with Crippen LogP contribution in [0.5, 0.6) is 0 Å². The zero-order valence-corrected chi connectivity index (χ0v) is 9.84. The molecular weight excluding hydrogens is 266 g/mol. The lowest BCUT2D eigenvalue weighted by atomic mass is 9.96. The van der Waals surface area contributed by atoms with Crippen LogP contribution in [-0.4, -0.2) is 23.6 Å². The molecule has 0 N–H and O–H groups in total. The highest BCUT2D eigenvalue weighted by molar-refractivity contribution is 5.98. The zero-order chi connectivity index (χ0) is 13.9. The molecule has 2 unspecified atom stereocenters. The summed E-state index contributed by atoms with van der Waals surface area (Å²) in [5.41, 5.74) is -1.28. The maximum Gasteiger partial charge on any atom is 0.259 e. The standard InChI is InChI=1S/C12H9F4NO2/c1-2-3-17-11(18)5-4(10-12(17)19-10)6(13)8(15)9(16)7(5)14/h10,12H,2-3H2,1H3. The van der Waals surface area contributed by atoms with Gasteiger partial charge in [-0.1, -0.05) is 6.92 Å². The molecule has 2 atom stereocenters. The first-order valence-electron chi connectivity index (χ1n) is 5.81. The molecule has 0 aromatic heterocycles. The van der Waals surface area contributed by atoms with Crippen molar-refractivity contribution in [2.45, 2.75) is 25.7 Å². The molecule has 3 rings (SSSR count). The summed E-state index contributed by atoms with van der Waals surface area (Å²) >= 11 is 0. The van der Waals surface area contributed by atoms with E-state index in [9.17, 15) is 22.4 Å². The fourth-order valence-electron chi connectivity index (χ4n) is 2.41. The van der Waals surface area contributed by atoms with Crippen LogP contribution in [0.3, 0.4) is 0 Å². The summed E-state index contributed by atoms with van der Waals surface area (Å²) in [6, 6.07) is 0. The molecule has 0 spiro atoms. The lowest BCUT2D eigenvalue weighted by Gasteiger charge is -2.25. The molecule has 3 nitrogen and oxygen atoms in total. The molecule has 2 heterocycles. The van der Waals surface area contributed by atoms with Crippen molar-refractivity contribution in [1.82, 2.24) is 4.90 Å². The van der Waals surface area contributed by atoms with Gasteiger partial charge in [-0.3, -0.25) is 4.79 Å². The first-order valence-corrected chi connectivity index (χ1v) is 5.81. The lowest BCUT2D eigenvalue weighted by molar-refractivity contribution is 0.0659. The minimum Gasteiger partial charge on any atom is -0.342 e. The third-order valence-electron chi connectivity index (χ3n) is 3.30. The number of hydrogen-bond donors (Lipinski definition) is 0. The summed E-state index contributed by atoms with van der Waals surface area (Å²) in [7, 11) is 0. The lowest BCUT2D eigenvalue weighted by Crippen LogP contribution is -2.39. The van der Waals surface area contributed by atoms with Crippen LogP contribution in [-0.2, 0) is 4.74 Å². The van der Waals surface area contributed by atoms with Gasteiger partial charge in [-0.05, 0) is 6.42 Å². The molecule has 1 fully saturated rings. The summed E-state index contributed by atoms with van der Waals surface area (Å²) in [4.78, 5) is 13.2. The number of ether oxygens (including phenoxy) is 1. The van der Waals surface area contributed by atoms with E-state index >= 15 is 0 Å². The van der Waals surface area contributed by atoms with E-state index in [1.54, 1.807) is 6.92 Å². The van der Waals surface area contributed by atoms with Crippen LogP contribution in [0.2, 0.25) is 0 Å². The highest BCUT2D eigenvalue weighted by Crippen LogP contribution is 2.49. The predicted octanol–water partition coefficient (Wildman–Crippen LogP) is 2.51. The number of carbonyl (C=O) groups excluding carboxylic acids is 1. The van der Waals surface area contributed by atoms with Crippen LogP contribution in [0.4, 0.5) is 17.6 Å². The topological polar surface area (TPSA) is 32.8 Å². The highest BCUT2D eigenvalue weighted by atomic mass is 19.2. The summed E-state index contributed by atoms with van der Waals surface area (Å²) in [6.07, 6.45) is -1.04. The van der Waals surface area contributed by atoms with Crippen molar-refractivity contribution in [3.05, 3.63) is 34.4 Å². The SMILES string of the molecule is CCCN1C(=O)c2c(F)c(F)c(F)c(F)c2C2OC21. The molecule has 1 aromatic carbocycles. The van der Waals surface area contributed by atoms with E-state index in [0.717, 1.165) is 0 Å². The van der Waals surface area contributed by atoms with Gasteiger partial charge in [-0.15, -0.1) is 0 Å². The molecule has 0 radical (unpaired) electrons. The van der Waals surface area contributed by atoms with Crippen LogP contribution in [0.15, 0.2) is 0 Å². The highest BCUT2D eigenvalue weighted by Gasteiger charge is 2.55. The fraction of sp³-hybridized carbons (Fsp3) is 0.417. The second kappa shape index (κ2) is 3.93. The van der Waals surface area contributed by atoms with Gasteiger partial charge in [-0.25, -0.2) is 17.6 Å². The number of halogens is 4. The Hall–Kier alpha value is -1.63. The average Bonchev–Trinajstić information content (AvgIpc) is 3.16. The fourth-order valence-corrected chi connectivity index (χ4v) is 2.41. The van der Waals surface area contributed by atoms with Crippen molar-refractivity contribution in [3.8, 4) is 0 Å². The van der Waals surface area contributed by atoms with Gasteiger partial charge >= 0.3 is 0 Å². The smallest absolute Gasteiger partial charge is 0.259 e. The van der Waals surface area contributed by atoms with Gasteiger partial charge in [0.1, 0.15) is 6.10 Å². The Labute approximate surface area is 105 Å². The molecule has 0 bridgehead atoms. The van der Waals surface area contributed by atoms with Gasteiger partial charge in [0.25, 0.3) is 5.91 Å². The number of benzene rings is 1. The molecule has 1 saturated heterocycles. The Morgan fingerprint density at radius 1 is 1.11 bits per heavy atom. The number of amides is 1. The Morgan fingerprint density at radius 2 is 1.74 bits per heavy atom. The monoisotopic (exact) mass is 275 g/mol. The van der Waals surface area contributed by atoms with Gasteiger partial charge in [0.05, 0.1) is 5.56 Å². The largest absolute Gasteiger partial charge is 0.342 e. The Balaban J connectivity index is 2.21. The molecule has 1 amide bonds. The second-order valence-corrected chi connectivity index (χ2v) is 4.49. The first-order chi connectivity index (χ1) is 8.99. The van der Waals surface area contributed by atoms with E-state index in [1.165, 1.54) is 4.90 Å². The summed E-state index contributed by atoms with van der Waals surface area (Å²) in [5.74, 6) is -7.96. The van der Waals surface area contributed by atoms with Crippen molar-refractivity contribution in [1.29, 1.82) is 0 Å². The van der Waals surface area contributed by atoms with Crippen molar-refractivity contribution < 1.29 is 27.1 Å². The molecular formula is C12H9F4NO2. The molecule has 102 valence electrons. The maximum atomic E-state index is 13.7. The minimum absolute atomic E-state index is 0.277. The van der Waals surface area contributed by atoms with Crippen LogP contribution in [0.1, 0.15) is 35.4 Å². The molecule has 2 aliphatic rings. The summed E-state index contributed by atoms with van der Waals surface area (Å²) < 4.78 is 58.8. The van der Waals surface area contributed by atoms with E-state index in [4.69, 9.17) is 4.74 Å². The third kappa shape index (κ3) is 1.51. The number of epoxide rings is 1. The van der Waals surface area contributed by atoms with Crippen molar-refractivity contribution >= 4 is 5.91 Å². The summed E-state index contributed by atoms with van der Waals surface area (Å²) in [6.45, 7) is 2.07. The molecule has 0 saturated carbocycles. The van der Waals surface area contributed by atoms with Crippen LogP contribution in [0.25, 0.3) is 0 Å². The number of carbonyl (C=O) groups is 1. The Kier molecular flexibility index (Phi) is 2.57. The van der Waals surface area contributed by atoms with Crippen molar-refractivity contribution in [2.24, 2.45) is 0 Å². The van der Waals surface area contributed by atoms with Crippen LogP contribution in [0, 0.1) is 23.3 Å². The number of hydrogen-bond acceptors (Lipinski definition) is 2.